The molecule has 4 unspecified atom stereocenters. The van der Waals surface area contributed by atoms with Gasteiger partial charge in [0, 0.05) is 29.9 Å². The summed E-state index contributed by atoms with van der Waals surface area (Å²) in [6.07, 6.45) is 1.51. The Labute approximate surface area is 248 Å². The number of fused-ring (bicyclic) bond motifs is 1. The van der Waals surface area contributed by atoms with Crippen molar-refractivity contribution in [2.24, 2.45) is 17.4 Å². The summed E-state index contributed by atoms with van der Waals surface area (Å²) in [5.41, 5.74) is 13.7. The van der Waals surface area contributed by atoms with Crippen LogP contribution in [0.2, 0.25) is 0 Å². The van der Waals surface area contributed by atoms with Crippen LogP contribution in [0.3, 0.4) is 0 Å². The molecule has 10 N–H and O–H groups in total. The van der Waals surface area contributed by atoms with Gasteiger partial charge in [0.1, 0.15) is 23.9 Å². The molecule has 2 aromatic carbocycles. The van der Waals surface area contributed by atoms with E-state index in [1.807, 2.05) is 24.3 Å². The van der Waals surface area contributed by atoms with Crippen LogP contribution in [0.4, 0.5) is 0 Å². The molecule has 43 heavy (non-hydrogen) atoms. The van der Waals surface area contributed by atoms with E-state index in [2.05, 4.69) is 20.9 Å². The van der Waals surface area contributed by atoms with E-state index in [1.165, 1.54) is 24.3 Å². The van der Waals surface area contributed by atoms with E-state index >= 15 is 0 Å². The summed E-state index contributed by atoms with van der Waals surface area (Å²) in [5.74, 6) is -4.57. The molecule has 4 amide bonds. The van der Waals surface area contributed by atoms with Gasteiger partial charge in [-0.2, -0.15) is 0 Å². The molecule has 4 atom stereocenters. The highest BCUT2D eigenvalue weighted by atomic mass is 16.4. The molecule has 0 fully saturated rings. The molecule has 0 saturated carbocycles. The second-order valence-electron chi connectivity index (χ2n) is 10.7. The van der Waals surface area contributed by atoms with Crippen molar-refractivity contribution in [1.82, 2.24) is 20.9 Å². The van der Waals surface area contributed by atoms with Gasteiger partial charge >= 0.3 is 5.97 Å². The fourth-order valence-electron chi connectivity index (χ4n) is 4.58. The number of aliphatic carboxylic acids is 1. The predicted octanol–water partition coefficient (Wildman–Crippen LogP) is 0.447. The third-order valence-electron chi connectivity index (χ3n) is 7.00. The maximum atomic E-state index is 13.3. The van der Waals surface area contributed by atoms with Gasteiger partial charge in [0.25, 0.3) is 0 Å². The minimum atomic E-state index is -1.32. The van der Waals surface area contributed by atoms with Crippen molar-refractivity contribution in [1.29, 1.82) is 0 Å². The fraction of sp³-hybridized carbons (Fsp3) is 0.367. The van der Waals surface area contributed by atoms with E-state index in [0.29, 0.717) is 5.56 Å². The second kappa shape index (κ2) is 14.8. The molecule has 0 aliphatic rings. The van der Waals surface area contributed by atoms with Crippen molar-refractivity contribution in [2.75, 3.05) is 0 Å². The zero-order chi connectivity index (χ0) is 31.7. The van der Waals surface area contributed by atoms with Crippen LogP contribution in [0.1, 0.15) is 37.8 Å². The van der Waals surface area contributed by atoms with E-state index < -0.39 is 59.7 Å². The van der Waals surface area contributed by atoms with E-state index in [1.54, 1.807) is 20.0 Å². The van der Waals surface area contributed by atoms with E-state index in [9.17, 15) is 34.2 Å². The minimum absolute atomic E-state index is 0.0131. The highest BCUT2D eigenvalue weighted by Crippen LogP contribution is 2.19. The normalized spacial score (nSPS) is 14.0. The molecule has 230 valence electrons. The number of nitrogens with two attached hydrogens (primary N) is 2. The van der Waals surface area contributed by atoms with Gasteiger partial charge in [-0.3, -0.25) is 19.2 Å². The molecule has 1 heterocycles. The van der Waals surface area contributed by atoms with Crippen molar-refractivity contribution >= 4 is 40.5 Å². The number of para-hydroxylation sites is 1. The fourth-order valence-corrected chi connectivity index (χ4v) is 4.58. The average molecular weight is 595 g/mol. The maximum Gasteiger partial charge on any atom is 0.326 e. The van der Waals surface area contributed by atoms with Crippen LogP contribution in [0.15, 0.2) is 54.7 Å². The number of hydrogen-bond donors (Lipinski definition) is 8. The Kier molecular flexibility index (Phi) is 11.2. The topological polar surface area (TPSA) is 230 Å². The molecule has 0 spiro atoms. The first-order chi connectivity index (χ1) is 20.3. The van der Waals surface area contributed by atoms with Gasteiger partial charge in [-0.15, -0.1) is 0 Å². The number of rotatable bonds is 15. The molecule has 0 aliphatic heterocycles. The molecule has 13 heteroatoms. The highest BCUT2D eigenvalue weighted by Gasteiger charge is 2.32. The summed E-state index contributed by atoms with van der Waals surface area (Å²) in [7, 11) is 0. The zero-order valence-electron chi connectivity index (χ0n) is 24.0. The number of aromatic hydroxyl groups is 1. The van der Waals surface area contributed by atoms with Crippen LogP contribution in [0.25, 0.3) is 10.9 Å². The molecule has 0 saturated heterocycles. The number of phenols is 1. The number of phenolic OH excluding ortho intramolecular Hbond substituents is 1. The van der Waals surface area contributed by atoms with Crippen LogP contribution in [0, 0.1) is 5.92 Å². The van der Waals surface area contributed by atoms with Gasteiger partial charge in [0.2, 0.25) is 23.6 Å². The number of aromatic nitrogens is 1. The molecule has 13 nitrogen and oxygen atoms in total. The molecular formula is C30H38N6O7. The minimum Gasteiger partial charge on any atom is -0.508 e. The monoisotopic (exact) mass is 594 g/mol. The number of carboxylic acids is 1. The number of benzene rings is 2. The Morgan fingerprint density at radius 1 is 0.860 bits per heavy atom. The Balaban J connectivity index is 1.69. The Hall–Kier alpha value is -4.91. The molecule has 0 bridgehead atoms. The van der Waals surface area contributed by atoms with Crippen LogP contribution < -0.4 is 27.4 Å². The Morgan fingerprint density at radius 3 is 2.14 bits per heavy atom. The van der Waals surface area contributed by atoms with Gasteiger partial charge in [0.15, 0.2) is 0 Å². The lowest BCUT2D eigenvalue weighted by atomic mass is 10.00. The number of amides is 4. The summed E-state index contributed by atoms with van der Waals surface area (Å²) in [4.78, 5) is 66.0. The smallest absolute Gasteiger partial charge is 0.326 e. The first-order valence-corrected chi connectivity index (χ1v) is 13.9. The third-order valence-corrected chi connectivity index (χ3v) is 7.00. The van der Waals surface area contributed by atoms with Crippen molar-refractivity contribution in [3.8, 4) is 5.75 Å². The number of nitrogens with one attached hydrogen (secondary N) is 4. The SMILES string of the molecule is CC(C)C(NC(=O)C(CCC(N)=O)NC(=O)C(N)Cc1c[nH]c2ccccc12)C(=O)NC(Cc1ccc(O)cc1)C(=O)O. The molecule has 0 radical (unpaired) electrons. The van der Waals surface area contributed by atoms with Gasteiger partial charge in [-0.25, -0.2) is 4.79 Å². The van der Waals surface area contributed by atoms with E-state index in [4.69, 9.17) is 11.5 Å². The number of primary amides is 1. The number of hydrogen-bond acceptors (Lipinski definition) is 7. The number of H-pyrrole nitrogens is 1. The summed E-state index contributed by atoms with van der Waals surface area (Å²) in [5, 5.41) is 27.7. The Morgan fingerprint density at radius 2 is 1.51 bits per heavy atom. The van der Waals surface area contributed by atoms with Crippen LogP contribution >= 0.6 is 0 Å². The number of carboxylic acid groups (broad SMARTS) is 1. The van der Waals surface area contributed by atoms with Gasteiger partial charge in [0.05, 0.1) is 6.04 Å². The summed E-state index contributed by atoms with van der Waals surface area (Å²) in [6, 6.07) is 8.66. The van der Waals surface area contributed by atoms with Crippen molar-refractivity contribution in [3.05, 3.63) is 65.9 Å². The first kappa shape index (κ1) is 32.6. The summed E-state index contributed by atoms with van der Waals surface area (Å²) < 4.78 is 0. The molecule has 1 aromatic heterocycles. The lowest BCUT2D eigenvalue weighted by Gasteiger charge is -2.27. The lowest BCUT2D eigenvalue weighted by molar-refractivity contribution is -0.142. The highest BCUT2D eigenvalue weighted by molar-refractivity contribution is 5.95. The molecule has 3 aromatic rings. The molecule has 3 rings (SSSR count). The van der Waals surface area contributed by atoms with Crippen molar-refractivity contribution in [3.63, 3.8) is 0 Å². The van der Waals surface area contributed by atoms with Crippen molar-refractivity contribution < 1.29 is 34.2 Å². The summed E-state index contributed by atoms with van der Waals surface area (Å²) >= 11 is 0. The second-order valence-corrected chi connectivity index (χ2v) is 10.7. The number of carbonyl (C=O) groups is 5. The largest absolute Gasteiger partial charge is 0.508 e. The molecule has 0 aliphatic carbocycles. The number of carbonyl (C=O) groups excluding carboxylic acids is 4. The quantitative estimate of drug-likeness (QED) is 0.123. The summed E-state index contributed by atoms with van der Waals surface area (Å²) in [6.45, 7) is 3.32. The average Bonchev–Trinajstić information content (AvgIpc) is 3.36. The molecular weight excluding hydrogens is 556 g/mol. The van der Waals surface area contributed by atoms with Crippen LogP contribution in [0.5, 0.6) is 5.75 Å². The van der Waals surface area contributed by atoms with Gasteiger partial charge in [-0.1, -0.05) is 44.2 Å². The van der Waals surface area contributed by atoms with Crippen molar-refractivity contribution in [2.45, 2.75) is 63.7 Å². The van der Waals surface area contributed by atoms with Crippen LogP contribution in [-0.4, -0.2) is 69.0 Å². The third kappa shape index (κ3) is 9.30. The zero-order valence-corrected chi connectivity index (χ0v) is 24.0. The maximum absolute atomic E-state index is 13.3. The van der Waals surface area contributed by atoms with E-state index in [-0.39, 0.29) is 31.4 Å². The Bertz CT molecular complexity index is 1450. The van der Waals surface area contributed by atoms with Crippen LogP contribution in [-0.2, 0) is 36.8 Å². The predicted molar refractivity (Wildman–Crippen MR) is 158 cm³/mol. The lowest BCUT2D eigenvalue weighted by Crippen LogP contribution is -2.58. The number of aromatic amines is 1. The van der Waals surface area contributed by atoms with Gasteiger partial charge < -0.3 is 42.6 Å². The standard InChI is InChI=1S/C30H38N6O7/c1-16(2)26(29(41)35-24(30(42)43)13-17-7-9-19(37)10-8-17)36-28(40)23(11-12-25(32)38)34-27(39)21(31)14-18-15-33-22-6-4-3-5-20(18)22/h3-10,15-16,21,23-24,26,33,37H,11-14,31H2,1-2H3,(H2,32,38)(H,34,39)(H,35,41)(H,36,40)(H,42,43). The first-order valence-electron chi connectivity index (χ1n) is 13.9. The van der Waals surface area contributed by atoms with Gasteiger partial charge in [-0.05, 0) is 48.1 Å². The van der Waals surface area contributed by atoms with E-state index in [0.717, 1.165) is 16.5 Å².